The molecule has 0 fully saturated rings. The molecule has 0 bridgehead atoms. The lowest BCUT2D eigenvalue weighted by Gasteiger charge is -2.05. The van der Waals surface area contributed by atoms with Crippen molar-refractivity contribution in [1.82, 2.24) is 9.97 Å². The normalized spacial score (nSPS) is 11.3. The summed E-state index contributed by atoms with van der Waals surface area (Å²) in [7, 11) is 0. The van der Waals surface area contributed by atoms with Crippen molar-refractivity contribution >= 4 is 22.5 Å². The number of rotatable bonds is 3. The van der Waals surface area contributed by atoms with Crippen molar-refractivity contribution in [2.75, 3.05) is 0 Å². The van der Waals surface area contributed by atoms with Crippen LogP contribution in [0.2, 0.25) is 0 Å². The number of hydrogen-bond donors (Lipinski definition) is 2. The minimum Gasteiger partial charge on any atom is -0.493 e. The first-order valence-electron chi connectivity index (χ1n) is 8.42. The van der Waals surface area contributed by atoms with Crippen LogP contribution in [0.1, 0.15) is 16.1 Å². The molecule has 4 aromatic rings. The first-order chi connectivity index (χ1) is 13.1. The van der Waals surface area contributed by atoms with Crippen LogP contribution in [0.4, 0.5) is 5.69 Å². The van der Waals surface area contributed by atoms with Gasteiger partial charge in [-0.3, -0.25) is 9.78 Å². The molecule has 2 aromatic carbocycles. The van der Waals surface area contributed by atoms with Gasteiger partial charge in [-0.1, -0.05) is 48.5 Å². The highest BCUT2D eigenvalue weighted by atomic mass is 16.3. The Labute approximate surface area is 155 Å². The number of aromatic hydroxyl groups is 1. The van der Waals surface area contributed by atoms with Gasteiger partial charge >= 0.3 is 0 Å². The van der Waals surface area contributed by atoms with Crippen molar-refractivity contribution < 1.29 is 9.90 Å². The molecule has 6 nitrogen and oxygen atoms in total. The number of H-pyrrole nitrogens is 1. The summed E-state index contributed by atoms with van der Waals surface area (Å²) in [6.45, 7) is 1.76. The molecular weight excluding hydrogens is 340 g/mol. The molecule has 132 valence electrons. The van der Waals surface area contributed by atoms with Crippen molar-refractivity contribution in [1.29, 1.82) is 0 Å². The summed E-state index contributed by atoms with van der Waals surface area (Å²) in [5.74, 6) is -0.633. The molecule has 0 aliphatic carbocycles. The number of carbonyl (C=O) groups excluding carboxylic acids is 1. The van der Waals surface area contributed by atoms with Gasteiger partial charge in [0, 0.05) is 10.9 Å². The van der Waals surface area contributed by atoms with Crippen LogP contribution in [0, 0.1) is 6.92 Å². The molecule has 4 rings (SSSR count). The van der Waals surface area contributed by atoms with Gasteiger partial charge in [-0.15, -0.1) is 10.2 Å². The molecule has 0 spiro atoms. The summed E-state index contributed by atoms with van der Waals surface area (Å²) in [4.78, 5) is 19.8. The van der Waals surface area contributed by atoms with E-state index in [1.807, 2.05) is 48.5 Å². The minimum absolute atomic E-state index is 0.123. The van der Waals surface area contributed by atoms with E-state index >= 15 is 0 Å². The van der Waals surface area contributed by atoms with Gasteiger partial charge in [-0.25, -0.2) is 0 Å². The Bertz CT molecular complexity index is 1160. The van der Waals surface area contributed by atoms with E-state index in [0.29, 0.717) is 16.6 Å². The zero-order valence-corrected chi connectivity index (χ0v) is 14.5. The smallest absolute Gasteiger partial charge is 0.297 e. The predicted octanol–water partition coefficient (Wildman–Crippen LogP) is 5.17. The summed E-state index contributed by atoms with van der Waals surface area (Å²) >= 11 is 0. The lowest BCUT2D eigenvalue weighted by Crippen LogP contribution is -2.00. The zero-order chi connectivity index (χ0) is 18.8. The summed E-state index contributed by atoms with van der Waals surface area (Å²) < 4.78 is 0. The van der Waals surface area contributed by atoms with Crippen molar-refractivity contribution in [2.45, 2.75) is 6.92 Å². The summed E-state index contributed by atoms with van der Waals surface area (Å²) in [6.07, 6.45) is 0. The third-order valence-electron chi connectivity index (χ3n) is 4.29. The number of nitrogens with one attached hydrogen (secondary N) is 1. The third kappa shape index (κ3) is 3.20. The molecule has 0 unspecified atom stereocenters. The number of hydrogen-bond acceptors (Lipinski definition) is 4. The Morgan fingerprint density at radius 2 is 1.74 bits per heavy atom. The van der Waals surface area contributed by atoms with Gasteiger partial charge in [0.2, 0.25) is 5.88 Å². The molecule has 27 heavy (non-hydrogen) atoms. The lowest BCUT2D eigenvalue weighted by atomic mass is 10.1. The highest BCUT2D eigenvalue weighted by Gasteiger charge is 2.13. The number of benzene rings is 2. The van der Waals surface area contributed by atoms with E-state index in [0.717, 1.165) is 16.8 Å². The monoisotopic (exact) mass is 356 g/mol. The van der Waals surface area contributed by atoms with E-state index < -0.39 is 5.91 Å². The van der Waals surface area contributed by atoms with E-state index in [2.05, 4.69) is 20.2 Å². The second-order valence-electron chi connectivity index (χ2n) is 6.07. The molecule has 2 aromatic heterocycles. The summed E-state index contributed by atoms with van der Waals surface area (Å²) in [5.41, 5.74) is 3.67. The van der Waals surface area contributed by atoms with Gasteiger partial charge in [-0.05, 0) is 25.1 Å². The van der Waals surface area contributed by atoms with Crippen LogP contribution in [0.15, 0.2) is 77.0 Å². The SMILES string of the molecule is Cc1nc(-c2ccccc2)ccc1C(=O)N=Nc1c(O)[nH]c2ccccc12. The quantitative estimate of drug-likeness (QED) is 0.496. The Hall–Kier alpha value is -3.80. The van der Waals surface area contributed by atoms with Gasteiger partial charge in [0.1, 0.15) is 0 Å². The highest BCUT2D eigenvalue weighted by molar-refractivity contribution is 5.97. The fourth-order valence-corrected chi connectivity index (χ4v) is 2.92. The van der Waals surface area contributed by atoms with Gasteiger partial charge < -0.3 is 10.1 Å². The first-order valence-corrected chi connectivity index (χ1v) is 8.42. The number of azo groups is 1. The summed E-state index contributed by atoms with van der Waals surface area (Å²) in [6, 6.07) is 20.5. The van der Waals surface area contributed by atoms with Gasteiger partial charge in [-0.2, -0.15) is 0 Å². The van der Waals surface area contributed by atoms with Crippen LogP contribution in [0.25, 0.3) is 22.2 Å². The Balaban J connectivity index is 1.63. The zero-order valence-electron chi connectivity index (χ0n) is 14.5. The van der Waals surface area contributed by atoms with Crippen molar-refractivity contribution in [3.05, 3.63) is 78.0 Å². The van der Waals surface area contributed by atoms with Gasteiger partial charge in [0.25, 0.3) is 5.91 Å². The Morgan fingerprint density at radius 1 is 1.00 bits per heavy atom. The van der Waals surface area contributed by atoms with Crippen LogP contribution in [-0.2, 0) is 0 Å². The molecule has 1 amide bonds. The fourth-order valence-electron chi connectivity index (χ4n) is 2.92. The number of aromatic amines is 1. The number of pyridine rings is 1. The fraction of sp³-hybridized carbons (Fsp3) is 0.0476. The number of aryl methyl sites for hydroxylation is 1. The Morgan fingerprint density at radius 3 is 2.52 bits per heavy atom. The van der Waals surface area contributed by atoms with Crippen molar-refractivity contribution in [3.63, 3.8) is 0 Å². The lowest BCUT2D eigenvalue weighted by molar-refractivity contribution is 0.0994. The number of fused-ring (bicyclic) bond motifs is 1. The van der Waals surface area contributed by atoms with Crippen LogP contribution in [-0.4, -0.2) is 21.0 Å². The van der Waals surface area contributed by atoms with Crippen molar-refractivity contribution in [3.8, 4) is 17.1 Å². The molecule has 0 aliphatic rings. The van der Waals surface area contributed by atoms with Crippen molar-refractivity contribution in [2.24, 2.45) is 10.2 Å². The van der Waals surface area contributed by atoms with Gasteiger partial charge in [0.05, 0.1) is 22.5 Å². The summed E-state index contributed by atoms with van der Waals surface area (Å²) in [5, 5.41) is 18.4. The van der Waals surface area contributed by atoms with E-state index in [1.165, 1.54) is 0 Å². The second-order valence-corrected chi connectivity index (χ2v) is 6.07. The molecular formula is C21H16N4O2. The number of carbonyl (C=O) groups is 1. The molecule has 0 saturated heterocycles. The van der Waals surface area contributed by atoms with Crippen LogP contribution in [0.5, 0.6) is 5.88 Å². The predicted molar refractivity (Wildman–Crippen MR) is 103 cm³/mol. The van der Waals surface area contributed by atoms with E-state index in [4.69, 9.17) is 0 Å². The average Bonchev–Trinajstić information content (AvgIpc) is 3.01. The second kappa shape index (κ2) is 6.84. The van der Waals surface area contributed by atoms with Crippen LogP contribution >= 0.6 is 0 Å². The maximum atomic E-state index is 12.5. The molecule has 0 saturated carbocycles. The highest BCUT2D eigenvalue weighted by Crippen LogP contribution is 2.35. The number of para-hydroxylation sites is 1. The molecule has 2 N–H and O–H groups in total. The van der Waals surface area contributed by atoms with E-state index in [-0.39, 0.29) is 11.6 Å². The minimum atomic E-state index is -0.510. The molecule has 0 aliphatic heterocycles. The molecule has 2 heterocycles. The largest absolute Gasteiger partial charge is 0.493 e. The van der Waals surface area contributed by atoms with E-state index in [1.54, 1.807) is 25.1 Å². The number of aromatic nitrogens is 2. The molecule has 0 radical (unpaired) electrons. The number of amides is 1. The van der Waals surface area contributed by atoms with Gasteiger partial charge in [0.15, 0.2) is 5.69 Å². The third-order valence-corrected chi connectivity index (χ3v) is 4.29. The number of nitrogens with zero attached hydrogens (tertiary/aromatic N) is 3. The molecule has 6 heteroatoms. The topological polar surface area (TPSA) is 90.7 Å². The van der Waals surface area contributed by atoms with Crippen LogP contribution < -0.4 is 0 Å². The average molecular weight is 356 g/mol. The van der Waals surface area contributed by atoms with Crippen LogP contribution in [0.3, 0.4) is 0 Å². The maximum Gasteiger partial charge on any atom is 0.297 e. The van der Waals surface area contributed by atoms with E-state index in [9.17, 15) is 9.90 Å². The first kappa shape index (κ1) is 16.7. The maximum absolute atomic E-state index is 12.5. The standard InChI is InChI=1S/C21H16N4O2/c1-13-15(11-12-17(22-13)14-7-3-2-4-8-14)20(26)25-24-19-16-9-5-6-10-18(16)23-21(19)27/h2-12,23,27H,1H3. The molecule has 0 atom stereocenters. The Kier molecular flexibility index (Phi) is 4.22.